The van der Waals surface area contributed by atoms with Crippen molar-refractivity contribution >= 4 is 5.97 Å². The predicted octanol–water partition coefficient (Wildman–Crippen LogP) is -0.0542. The first kappa shape index (κ1) is 7.64. The number of aryl methyl sites for hydroxylation is 1. The Kier molecular flexibility index (Phi) is 2.15. The summed E-state index contributed by atoms with van der Waals surface area (Å²) in [6.07, 6.45) is 1.08. The highest BCUT2D eigenvalue weighted by molar-refractivity contribution is 5.83. The third-order valence-electron chi connectivity index (χ3n) is 1.10. The number of nitrogens with zero attached hydrogens (tertiary/aromatic N) is 3. The van der Waals surface area contributed by atoms with Gasteiger partial charge in [-0.05, 0) is 0 Å². The van der Waals surface area contributed by atoms with Crippen LogP contribution in [0.15, 0.2) is 6.33 Å². The molecule has 11 heavy (non-hydrogen) atoms. The van der Waals surface area contributed by atoms with Gasteiger partial charge in [0.05, 0.1) is 6.54 Å². The molecule has 6 heteroatoms. The van der Waals surface area contributed by atoms with E-state index < -0.39 is 12.6 Å². The first-order valence-corrected chi connectivity index (χ1v) is 2.92. The van der Waals surface area contributed by atoms with E-state index in [-0.39, 0.29) is 12.4 Å². The molecule has 0 unspecified atom stereocenters. The SMILES string of the molecule is O=C(O)c1ncnn1CCF. The van der Waals surface area contributed by atoms with Gasteiger partial charge in [-0.25, -0.2) is 18.9 Å². The maximum atomic E-state index is 11.7. The van der Waals surface area contributed by atoms with Crippen LogP contribution < -0.4 is 0 Å². The van der Waals surface area contributed by atoms with Gasteiger partial charge in [0.25, 0.3) is 0 Å². The Balaban J connectivity index is 2.87. The summed E-state index contributed by atoms with van der Waals surface area (Å²) in [5, 5.41) is 11.9. The molecular formula is C5H6FN3O2. The average molecular weight is 159 g/mol. The van der Waals surface area contributed by atoms with Gasteiger partial charge in [-0.3, -0.25) is 0 Å². The van der Waals surface area contributed by atoms with E-state index in [2.05, 4.69) is 10.1 Å². The third-order valence-corrected chi connectivity index (χ3v) is 1.10. The number of rotatable bonds is 3. The number of hydrogen-bond acceptors (Lipinski definition) is 3. The molecule has 1 rings (SSSR count). The van der Waals surface area contributed by atoms with E-state index in [1.807, 2.05) is 0 Å². The minimum atomic E-state index is -1.20. The molecule has 1 aromatic rings. The molecule has 0 atom stereocenters. The second kappa shape index (κ2) is 3.09. The van der Waals surface area contributed by atoms with E-state index in [0.29, 0.717) is 0 Å². The Morgan fingerprint density at radius 1 is 1.82 bits per heavy atom. The lowest BCUT2D eigenvalue weighted by Gasteiger charge is -1.96. The summed E-state index contributed by atoms with van der Waals surface area (Å²) >= 11 is 0. The minimum Gasteiger partial charge on any atom is -0.475 e. The zero-order chi connectivity index (χ0) is 8.27. The fourth-order valence-corrected chi connectivity index (χ4v) is 0.673. The number of carbonyl (C=O) groups is 1. The fourth-order valence-electron chi connectivity index (χ4n) is 0.673. The van der Waals surface area contributed by atoms with Crippen LogP contribution in [0.25, 0.3) is 0 Å². The van der Waals surface area contributed by atoms with E-state index >= 15 is 0 Å². The highest BCUT2D eigenvalue weighted by Crippen LogP contribution is 1.93. The Hall–Kier alpha value is -1.46. The lowest BCUT2D eigenvalue weighted by molar-refractivity contribution is 0.0676. The molecule has 0 aromatic carbocycles. The van der Waals surface area contributed by atoms with Gasteiger partial charge in [-0.15, -0.1) is 0 Å². The standard InChI is InChI=1S/C5H6FN3O2/c6-1-2-9-4(5(10)11)7-3-8-9/h3H,1-2H2,(H,10,11). The Morgan fingerprint density at radius 2 is 2.55 bits per heavy atom. The van der Waals surface area contributed by atoms with Crippen molar-refractivity contribution in [1.82, 2.24) is 14.8 Å². The summed E-state index contributed by atoms with van der Waals surface area (Å²) < 4.78 is 12.7. The highest BCUT2D eigenvalue weighted by atomic mass is 19.1. The first-order valence-electron chi connectivity index (χ1n) is 2.92. The van der Waals surface area contributed by atoms with E-state index in [1.165, 1.54) is 0 Å². The number of hydrogen-bond donors (Lipinski definition) is 1. The van der Waals surface area contributed by atoms with Crippen molar-refractivity contribution in [3.05, 3.63) is 12.2 Å². The van der Waals surface area contributed by atoms with Crippen LogP contribution in [0.4, 0.5) is 4.39 Å². The molecule has 60 valence electrons. The smallest absolute Gasteiger partial charge is 0.373 e. The largest absolute Gasteiger partial charge is 0.475 e. The van der Waals surface area contributed by atoms with Crippen molar-refractivity contribution < 1.29 is 14.3 Å². The van der Waals surface area contributed by atoms with Gasteiger partial charge in [0.2, 0.25) is 5.82 Å². The molecule has 0 bridgehead atoms. The summed E-state index contributed by atoms with van der Waals surface area (Å²) in [5.41, 5.74) is 0. The molecule has 5 nitrogen and oxygen atoms in total. The van der Waals surface area contributed by atoms with Gasteiger partial charge < -0.3 is 5.11 Å². The molecule has 0 amide bonds. The molecular weight excluding hydrogens is 153 g/mol. The molecule has 1 aromatic heterocycles. The second-order valence-corrected chi connectivity index (χ2v) is 1.80. The molecule has 0 saturated carbocycles. The summed E-state index contributed by atoms with van der Waals surface area (Å²) in [7, 11) is 0. The number of aromatic nitrogens is 3. The van der Waals surface area contributed by atoms with Crippen molar-refractivity contribution in [2.45, 2.75) is 6.54 Å². The van der Waals surface area contributed by atoms with Crippen molar-refractivity contribution in [2.24, 2.45) is 0 Å². The Morgan fingerprint density at radius 3 is 3.09 bits per heavy atom. The van der Waals surface area contributed by atoms with E-state index in [9.17, 15) is 9.18 Å². The number of aromatic carboxylic acids is 1. The quantitative estimate of drug-likeness (QED) is 0.671. The van der Waals surface area contributed by atoms with Crippen LogP contribution in [0, 0.1) is 0 Å². The Bertz CT molecular complexity index is 260. The fraction of sp³-hybridized carbons (Fsp3) is 0.400. The van der Waals surface area contributed by atoms with Gasteiger partial charge in [0.15, 0.2) is 0 Å². The molecule has 1 heterocycles. The molecule has 0 saturated heterocycles. The van der Waals surface area contributed by atoms with Crippen LogP contribution in [-0.2, 0) is 6.54 Å². The lowest BCUT2D eigenvalue weighted by Crippen LogP contribution is -2.12. The second-order valence-electron chi connectivity index (χ2n) is 1.80. The van der Waals surface area contributed by atoms with Crippen molar-refractivity contribution in [2.75, 3.05) is 6.67 Å². The topological polar surface area (TPSA) is 68.0 Å². The number of carboxylic acid groups (broad SMARTS) is 1. The van der Waals surface area contributed by atoms with Crippen molar-refractivity contribution in [1.29, 1.82) is 0 Å². The Labute approximate surface area is 61.5 Å². The highest BCUT2D eigenvalue weighted by Gasteiger charge is 2.10. The van der Waals surface area contributed by atoms with Gasteiger partial charge in [-0.2, -0.15) is 5.10 Å². The lowest BCUT2D eigenvalue weighted by atomic mass is 10.6. The van der Waals surface area contributed by atoms with Gasteiger partial charge in [0, 0.05) is 0 Å². The summed E-state index contributed by atoms with van der Waals surface area (Å²) in [5.74, 6) is -1.43. The van der Waals surface area contributed by atoms with Crippen molar-refractivity contribution in [3.8, 4) is 0 Å². The predicted molar refractivity (Wildman–Crippen MR) is 33.0 cm³/mol. The van der Waals surface area contributed by atoms with E-state index in [4.69, 9.17) is 5.11 Å². The van der Waals surface area contributed by atoms with Crippen LogP contribution in [0.5, 0.6) is 0 Å². The molecule has 0 fully saturated rings. The molecule has 0 aliphatic heterocycles. The van der Waals surface area contributed by atoms with E-state index in [0.717, 1.165) is 11.0 Å². The van der Waals surface area contributed by atoms with Crippen LogP contribution >= 0.6 is 0 Å². The molecule has 0 aliphatic carbocycles. The summed E-state index contributed by atoms with van der Waals surface area (Å²) in [4.78, 5) is 13.7. The molecule has 0 radical (unpaired) electrons. The van der Waals surface area contributed by atoms with Crippen LogP contribution in [0.3, 0.4) is 0 Å². The monoisotopic (exact) mass is 159 g/mol. The van der Waals surface area contributed by atoms with Crippen LogP contribution in [0.2, 0.25) is 0 Å². The average Bonchev–Trinajstić information content (AvgIpc) is 2.36. The summed E-state index contributed by atoms with van der Waals surface area (Å²) in [6, 6.07) is 0. The molecule has 1 N–H and O–H groups in total. The third kappa shape index (κ3) is 1.51. The zero-order valence-electron chi connectivity index (χ0n) is 5.57. The van der Waals surface area contributed by atoms with Gasteiger partial charge in [0.1, 0.15) is 13.0 Å². The van der Waals surface area contributed by atoms with E-state index in [1.54, 1.807) is 0 Å². The number of carboxylic acids is 1. The molecule has 0 spiro atoms. The van der Waals surface area contributed by atoms with Crippen LogP contribution in [0.1, 0.15) is 10.6 Å². The first-order chi connectivity index (χ1) is 5.25. The van der Waals surface area contributed by atoms with Gasteiger partial charge >= 0.3 is 5.97 Å². The normalized spacial score (nSPS) is 9.91. The number of halogens is 1. The van der Waals surface area contributed by atoms with Gasteiger partial charge in [-0.1, -0.05) is 0 Å². The molecule has 0 aliphatic rings. The van der Waals surface area contributed by atoms with Crippen molar-refractivity contribution in [3.63, 3.8) is 0 Å². The minimum absolute atomic E-state index is 0.0678. The zero-order valence-corrected chi connectivity index (χ0v) is 5.57. The summed E-state index contributed by atoms with van der Waals surface area (Å²) in [6.45, 7) is -0.717. The van der Waals surface area contributed by atoms with Crippen LogP contribution in [-0.4, -0.2) is 32.5 Å². The maximum absolute atomic E-state index is 11.7. The maximum Gasteiger partial charge on any atom is 0.373 e. The number of alkyl halides is 1.